The SMILES string of the molecule is CCC[C@H](NC(=O)OC(C)(C)C)C(O)C(=O)NCC. The van der Waals surface area contributed by atoms with E-state index in [-0.39, 0.29) is 0 Å². The summed E-state index contributed by atoms with van der Waals surface area (Å²) in [4.78, 5) is 23.2. The van der Waals surface area contributed by atoms with Gasteiger partial charge >= 0.3 is 6.09 Å². The van der Waals surface area contributed by atoms with Gasteiger partial charge in [-0.15, -0.1) is 0 Å². The van der Waals surface area contributed by atoms with Crippen molar-refractivity contribution in [2.45, 2.75) is 65.2 Å². The second-order valence-electron chi connectivity index (χ2n) is 5.38. The van der Waals surface area contributed by atoms with E-state index in [0.717, 1.165) is 6.42 Å². The highest BCUT2D eigenvalue weighted by atomic mass is 16.6. The molecular formula is C13H26N2O4. The fourth-order valence-electron chi connectivity index (χ4n) is 1.54. The molecule has 0 aromatic rings. The zero-order valence-electron chi connectivity index (χ0n) is 12.4. The molecule has 0 saturated heterocycles. The summed E-state index contributed by atoms with van der Waals surface area (Å²) in [6.45, 7) is 9.36. The number of carbonyl (C=O) groups excluding carboxylic acids is 2. The maximum atomic E-state index is 11.7. The molecule has 2 atom stereocenters. The Balaban J connectivity index is 4.55. The molecule has 0 aromatic carbocycles. The maximum absolute atomic E-state index is 11.7. The van der Waals surface area contributed by atoms with Crippen LogP contribution in [0.3, 0.4) is 0 Å². The summed E-state index contributed by atoms with van der Waals surface area (Å²) < 4.78 is 5.11. The minimum absolute atomic E-state index is 0.432. The lowest BCUT2D eigenvalue weighted by atomic mass is 10.1. The Hall–Kier alpha value is -1.30. The van der Waals surface area contributed by atoms with Gasteiger partial charge in [-0.25, -0.2) is 4.79 Å². The summed E-state index contributed by atoms with van der Waals surface area (Å²) in [7, 11) is 0. The predicted octanol–water partition coefficient (Wildman–Crippen LogP) is 1.18. The van der Waals surface area contributed by atoms with Crippen LogP contribution in [0.2, 0.25) is 0 Å². The largest absolute Gasteiger partial charge is 0.444 e. The first-order valence-electron chi connectivity index (χ1n) is 6.66. The third kappa shape index (κ3) is 7.66. The molecule has 3 N–H and O–H groups in total. The van der Waals surface area contributed by atoms with Gasteiger partial charge in [0.15, 0.2) is 6.10 Å². The lowest BCUT2D eigenvalue weighted by Crippen LogP contribution is -2.51. The molecule has 0 aliphatic carbocycles. The Morgan fingerprint density at radius 3 is 2.26 bits per heavy atom. The van der Waals surface area contributed by atoms with Crippen LogP contribution < -0.4 is 10.6 Å². The van der Waals surface area contributed by atoms with Crippen LogP contribution in [0, 0.1) is 0 Å². The molecule has 6 heteroatoms. The number of rotatable bonds is 6. The van der Waals surface area contributed by atoms with E-state index in [1.54, 1.807) is 27.7 Å². The Labute approximate surface area is 114 Å². The summed E-state index contributed by atoms with van der Waals surface area (Å²) in [6.07, 6.45) is -0.671. The second-order valence-corrected chi connectivity index (χ2v) is 5.38. The fourth-order valence-corrected chi connectivity index (χ4v) is 1.54. The van der Waals surface area contributed by atoms with Crippen molar-refractivity contribution in [3.05, 3.63) is 0 Å². The van der Waals surface area contributed by atoms with Gasteiger partial charge in [0.2, 0.25) is 0 Å². The topological polar surface area (TPSA) is 87.7 Å². The molecule has 0 aromatic heterocycles. The number of hydrogen-bond acceptors (Lipinski definition) is 4. The molecule has 0 saturated carbocycles. The Bertz CT molecular complexity index is 300. The van der Waals surface area contributed by atoms with Crippen molar-refractivity contribution < 1.29 is 19.4 Å². The lowest BCUT2D eigenvalue weighted by Gasteiger charge is -2.25. The molecule has 0 bridgehead atoms. The second kappa shape index (κ2) is 7.99. The van der Waals surface area contributed by atoms with Crippen LogP contribution in [0.15, 0.2) is 0 Å². The molecule has 0 rings (SSSR count). The standard InChI is InChI=1S/C13H26N2O4/c1-6-8-9(10(16)11(17)14-7-2)15-12(18)19-13(3,4)5/h9-10,16H,6-8H2,1-5H3,(H,14,17)(H,15,18)/t9-,10?/m0/s1. The number of aliphatic hydroxyl groups excluding tert-OH is 1. The van der Waals surface area contributed by atoms with Gasteiger partial charge in [0, 0.05) is 6.54 Å². The fraction of sp³-hybridized carbons (Fsp3) is 0.846. The monoisotopic (exact) mass is 274 g/mol. The number of hydrogen-bond donors (Lipinski definition) is 3. The molecule has 19 heavy (non-hydrogen) atoms. The van der Waals surface area contributed by atoms with Crippen molar-refractivity contribution in [1.29, 1.82) is 0 Å². The number of likely N-dealkylation sites (N-methyl/N-ethyl adjacent to an activating group) is 1. The predicted molar refractivity (Wildman–Crippen MR) is 72.8 cm³/mol. The van der Waals surface area contributed by atoms with E-state index in [2.05, 4.69) is 10.6 Å². The lowest BCUT2D eigenvalue weighted by molar-refractivity contribution is -0.130. The summed E-state index contributed by atoms with van der Waals surface area (Å²) in [5.74, 6) is -0.489. The normalized spacial score (nSPS) is 14.4. The number of amides is 2. The van der Waals surface area contributed by atoms with E-state index in [4.69, 9.17) is 4.74 Å². The molecular weight excluding hydrogens is 248 g/mol. The number of carbonyl (C=O) groups is 2. The van der Waals surface area contributed by atoms with Crippen molar-refractivity contribution in [3.63, 3.8) is 0 Å². The van der Waals surface area contributed by atoms with Crippen LogP contribution in [0.4, 0.5) is 4.79 Å². The van der Waals surface area contributed by atoms with E-state index in [1.165, 1.54) is 0 Å². The van der Waals surface area contributed by atoms with Crippen molar-refractivity contribution >= 4 is 12.0 Å². The maximum Gasteiger partial charge on any atom is 0.407 e. The first-order chi connectivity index (χ1) is 8.71. The van der Waals surface area contributed by atoms with Crippen LogP contribution in [-0.2, 0) is 9.53 Å². The Morgan fingerprint density at radius 2 is 1.84 bits per heavy atom. The van der Waals surface area contributed by atoms with Crippen LogP contribution in [-0.4, -0.2) is 41.4 Å². The van der Waals surface area contributed by atoms with Gasteiger partial charge in [0.05, 0.1) is 6.04 Å². The van der Waals surface area contributed by atoms with Crippen molar-refractivity contribution in [1.82, 2.24) is 10.6 Å². The first kappa shape index (κ1) is 17.7. The van der Waals surface area contributed by atoms with Gasteiger partial charge in [0.25, 0.3) is 5.91 Å². The molecule has 0 aliphatic rings. The number of aliphatic hydroxyl groups is 1. The zero-order valence-corrected chi connectivity index (χ0v) is 12.4. The third-order valence-corrected chi connectivity index (χ3v) is 2.30. The number of nitrogens with one attached hydrogen (secondary N) is 2. The summed E-state index contributed by atoms with van der Waals surface area (Å²) in [6, 6.07) is -0.647. The molecule has 2 amide bonds. The van der Waals surface area contributed by atoms with E-state index < -0.39 is 29.7 Å². The minimum Gasteiger partial charge on any atom is -0.444 e. The van der Waals surface area contributed by atoms with E-state index in [1.807, 2.05) is 6.92 Å². The Morgan fingerprint density at radius 1 is 1.26 bits per heavy atom. The van der Waals surface area contributed by atoms with Crippen LogP contribution in [0.25, 0.3) is 0 Å². The van der Waals surface area contributed by atoms with E-state index in [0.29, 0.717) is 13.0 Å². The van der Waals surface area contributed by atoms with Gasteiger partial charge in [-0.05, 0) is 34.1 Å². The molecule has 0 radical (unpaired) electrons. The molecule has 0 fully saturated rings. The molecule has 1 unspecified atom stereocenters. The summed E-state index contributed by atoms with van der Waals surface area (Å²) >= 11 is 0. The minimum atomic E-state index is -1.27. The highest BCUT2D eigenvalue weighted by Crippen LogP contribution is 2.09. The van der Waals surface area contributed by atoms with Gasteiger partial charge in [-0.3, -0.25) is 4.79 Å². The molecule has 6 nitrogen and oxygen atoms in total. The van der Waals surface area contributed by atoms with Gasteiger partial charge in [-0.2, -0.15) is 0 Å². The summed E-state index contributed by atoms with van der Waals surface area (Å²) in [5.41, 5.74) is -0.614. The van der Waals surface area contributed by atoms with E-state index >= 15 is 0 Å². The van der Waals surface area contributed by atoms with Crippen LogP contribution in [0.1, 0.15) is 47.5 Å². The highest BCUT2D eigenvalue weighted by molar-refractivity contribution is 5.82. The smallest absolute Gasteiger partial charge is 0.407 e. The first-order valence-corrected chi connectivity index (χ1v) is 6.66. The summed E-state index contributed by atoms with van der Waals surface area (Å²) in [5, 5.41) is 15.0. The van der Waals surface area contributed by atoms with Crippen LogP contribution in [0.5, 0.6) is 0 Å². The molecule has 0 spiro atoms. The van der Waals surface area contributed by atoms with Crippen molar-refractivity contribution in [2.24, 2.45) is 0 Å². The van der Waals surface area contributed by atoms with Gasteiger partial charge < -0.3 is 20.5 Å². The molecule has 0 aliphatic heterocycles. The average molecular weight is 274 g/mol. The molecule has 0 heterocycles. The van der Waals surface area contributed by atoms with Crippen LogP contribution >= 0.6 is 0 Å². The average Bonchev–Trinajstić information content (AvgIpc) is 2.25. The molecule has 112 valence electrons. The van der Waals surface area contributed by atoms with E-state index in [9.17, 15) is 14.7 Å². The van der Waals surface area contributed by atoms with Gasteiger partial charge in [0.1, 0.15) is 5.60 Å². The van der Waals surface area contributed by atoms with Crippen molar-refractivity contribution in [2.75, 3.05) is 6.54 Å². The number of alkyl carbamates (subject to hydrolysis) is 1. The zero-order chi connectivity index (χ0) is 15.1. The van der Waals surface area contributed by atoms with Crippen molar-refractivity contribution in [3.8, 4) is 0 Å². The third-order valence-electron chi connectivity index (χ3n) is 2.30. The number of ether oxygens (including phenoxy) is 1. The Kier molecular flexibility index (Phi) is 7.44. The van der Waals surface area contributed by atoms with Gasteiger partial charge in [-0.1, -0.05) is 13.3 Å². The highest BCUT2D eigenvalue weighted by Gasteiger charge is 2.28. The quantitative estimate of drug-likeness (QED) is 0.678.